The van der Waals surface area contributed by atoms with Crippen LogP contribution in [0.25, 0.3) is 16.8 Å². The van der Waals surface area contributed by atoms with E-state index in [9.17, 15) is 4.79 Å². The molecule has 0 bridgehead atoms. The number of carbonyl (C=O) groups excluding carboxylic acids is 1. The summed E-state index contributed by atoms with van der Waals surface area (Å²) in [5.41, 5.74) is 3.61. The first-order valence-electron chi connectivity index (χ1n) is 8.23. The predicted octanol–water partition coefficient (Wildman–Crippen LogP) is 5.18. The van der Waals surface area contributed by atoms with Gasteiger partial charge in [0.25, 0.3) is 0 Å². The largest absolute Gasteiger partial charge is 0.326 e. The molecular weight excluding hydrogens is 334 g/mol. The molecule has 0 saturated heterocycles. The van der Waals surface area contributed by atoms with Gasteiger partial charge in [-0.2, -0.15) is 5.10 Å². The lowest BCUT2D eigenvalue weighted by Crippen LogP contribution is -2.14. The fourth-order valence-electron chi connectivity index (χ4n) is 2.61. The highest BCUT2D eigenvalue weighted by Gasteiger charge is 2.11. The Morgan fingerprint density at radius 3 is 2.60 bits per heavy atom. The molecule has 0 radical (unpaired) electrons. The smallest absolute Gasteiger partial charge is 0.224 e. The van der Waals surface area contributed by atoms with E-state index in [-0.39, 0.29) is 5.91 Å². The highest BCUT2D eigenvalue weighted by atomic mass is 35.5. The van der Waals surface area contributed by atoms with Crippen LogP contribution < -0.4 is 5.32 Å². The fourth-order valence-corrected chi connectivity index (χ4v) is 2.74. The van der Waals surface area contributed by atoms with Gasteiger partial charge in [-0.15, -0.1) is 0 Å². The summed E-state index contributed by atoms with van der Waals surface area (Å²) < 4.78 is 1.79. The summed E-state index contributed by atoms with van der Waals surface area (Å²) >= 11 is 5.94. The van der Waals surface area contributed by atoms with Crippen molar-refractivity contribution < 1.29 is 4.79 Å². The number of hydrogen-bond donors (Lipinski definition) is 1. The van der Waals surface area contributed by atoms with Gasteiger partial charge in [0, 0.05) is 34.5 Å². The summed E-state index contributed by atoms with van der Waals surface area (Å²) in [5.74, 6) is 0.340. The Balaban J connectivity index is 1.87. The molecule has 0 aliphatic rings. The monoisotopic (exact) mass is 353 g/mol. The van der Waals surface area contributed by atoms with Crippen LogP contribution in [0.2, 0.25) is 5.02 Å². The van der Waals surface area contributed by atoms with E-state index in [1.165, 1.54) is 0 Å². The summed E-state index contributed by atoms with van der Waals surface area (Å²) in [6.45, 7) is 4.06. The molecule has 3 rings (SSSR count). The van der Waals surface area contributed by atoms with Crippen molar-refractivity contribution in [1.82, 2.24) is 9.78 Å². The molecule has 0 aliphatic carbocycles. The van der Waals surface area contributed by atoms with Crippen LogP contribution in [-0.2, 0) is 4.79 Å². The Bertz CT molecular complexity index is 869. The topological polar surface area (TPSA) is 46.9 Å². The molecule has 25 heavy (non-hydrogen) atoms. The fraction of sp³-hybridized carbons (Fsp3) is 0.200. The minimum absolute atomic E-state index is 0.0209. The number of hydrogen-bond acceptors (Lipinski definition) is 2. The third-order valence-corrected chi connectivity index (χ3v) is 4.03. The zero-order valence-electron chi connectivity index (χ0n) is 14.2. The lowest BCUT2D eigenvalue weighted by molar-refractivity contribution is -0.116. The first-order valence-corrected chi connectivity index (χ1v) is 8.60. The number of rotatable bonds is 5. The van der Waals surface area contributed by atoms with Crippen LogP contribution in [-0.4, -0.2) is 15.7 Å². The van der Waals surface area contributed by atoms with Crippen molar-refractivity contribution in [2.24, 2.45) is 5.92 Å². The Morgan fingerprint density at radius 1 is 1.16 bits per heavy atom. The van der Waals surface area contributed by atoms with E-state index >= 15 is 0 Å². The first-order chi connectivity index (χ1) is 12.0. The first kappa shape index (κ1) is 17.2. The number of nitrogens with zero attached hydrogens (tertiary/aromatic N) is 2. The van der Waals surface area contributed by atoms with E-state index < -0.39 is 0 Å². The molecule has 1 heterocycles. The van der Waals surface area contributed by atoms with Crippen LogP contribution >= 0.6 is 11.6 Å². The zero-order chi connectivity index (χ0) is 17.8. The number of amides is 1. The van der Waals surface area contributed by atoms with Gasteiger partial charge in [0.05, 0.1) is 11.9 Å². The molecule has 0 unspecified atom stereocenters. The second-order valence-corrected chi connectivity index (χ2v) is 6.78. The average Bonchev–Trinajstić information content (AvgIpc) is 3.05. The lowest BCUT2D eigenvalue weighted by Gasteiger charge is -2.11. The van der Waals surface area contributed by atoms with E-state index in [4.69, 9.17) is 11.6 Å². The molecule has 5 heteroatoms. The molecule has 1 aromatic heterocycles. The second-order valence-electron chi connectivity index (χ2n) is 6.34. The molecule has 0 saturated carbocycles. The Morgan fingerprint density at radius 2 is 1.88 bits per heavy atom. The zero-order valence-corrected chi connectivity index (χ0v) is 15.0. The van der Waals surface area contributed by atoms with Gasteiger partial charge in [0.2, 0.25) is 5.91 Å². The normalized spacial score (nSPS) is 10.9. The summed E-state index contributed by atoms with van der Waals surface area (Å²) in [4.78, 5) is 12.1. The molecule has 0 spiro atoms. The Labute approximate surface area is 152 Å². The Hall–Kier alpha value is -2.59. The van der Waals surface area contributed by atoms with Crippen LogP contribution in [0.4, 0.5) is 5.69 Å². The van der Waals surface area contributed by atoms with Crippen molar-refractivity contribution in [2.75, 3.05) is 5.32 Å². The third-order valence-electron chi connectivity index (χ3n) is 3.78. The molecule has 0 aliphatic heterocycles. The minimum atomic E-state index is 0.0209. The van der Waals surface area contributed by atoms with Crippen LogP contribution in [0, 0.1) is 5.92 Å². The van der Waals surface area contributed by atoms with Crippen LogP contribution in [0.5, 0.6) is 0 Å². The van der Waals surface area contributed by atoms with Crippen molar-refractivity contribution in [2.45, 2.75) is 20.3 Å². The van der Waals surface area contributed by atoms with Gasteiger partial charge in [0.15, 0.2) is 0 Å². The summed E-state index contributed by atoms with van der Waals surface area (Å²) in [6.07, 6.45) is 4.23. The highest BCUT2D eigenvalue weighted by molar-refractivity contribution is 6.30. The molecular formula is C20H20ClN3O. The lowest BCUT2D eigenvalue weighted by atomic mass is 10.1. The molecule has 1 N–H and O–H groups in total. The van der Waals surface area contributed by atoms with E-state index in [2.05, 4.69) is 10.4 Å². The molecule has 0 atom stereocenters. The number of halogens is 1. The number of nitrogens with one attached hydrogen (secondary N) is 1. The maximum absolute atomic E-state index is 12.1. The SMILES string of the molecule is CC(C)CC(=O)Nc1ccccc1-c1cnn(-c2ccc(Cl)cc2)c1. The van der Waals surface area contributed by atoms with E-state index in [1.54, 1.807) is 10.9 Å². The summed E-state index contributed by atoms with van der Waals surface area (Å²) in [6, 6.07) is 15.2. The molecule has 0 fully saturated rings. The van der Waals surface area contributed by atoms with E-state index in [0.29, 0.717) is 17.4 Å². The number of aromatic nitrogens is 2. The predicted molar refractivity (Wildman–Crippen MR) is 102 cm³/mol. The van der Waals surface area contributed by atoms with Crippen LogP contribution in [0.1, 0.15) is 20.3 Å². The maximum Gasteiger partial charge on any atom is 0.224 e. The number of benzene rings is 2. The van der Waals surface area contributed by atoms with Gasteiger partial charge < -0.3 is 5.32 Å². The minimum Gasteiger partial charge on any atom is -0.326 e. The van der Waals surface area contributed by atoms with Gasteiger partial charge >= 0.3 is 0 Å². The third kappa shape index (κ3) is 4.28. The molecule has 2 aromatic carbocycles. The molecule has 1 amide bonds. The van der Waals surface area contributed by atoms with Crippen molar-refractivity contribution >= 4 is 23.2 Å². The summed E-state index contributed by atoms with van der Waals surface area (Å²) in [5, 5.41) is 8.11. The van der Waals surface area contributed by atoms with Crippen molar-refractivity contribution in [3.63, 3.8) is 0 Å². The van der Waals surface area contributed by atoms with Gasteiger partial charge in [0.1, 0.15) is 0 Å². The van der Waals surface area contributed by atoms with Crippen molar-refractivity contribution in [3.8, 4) is 16.8 Å². The Kier molecular flexibility index (Phi) is 5.19. The van der Waals surface area contributed by atoms with Gasteiger partial charge in [-0.1, -0.05) is 43.6 Å². The standard InChI is InChI=1S/C20H20ClN3O/c1-14(2)11-20(25)23-19-6-4-3-5-18(19)15-12-22-24(13-15)17-9-7-16(21)8-10-17/h3-10,12-14H,11H2,1-2H3,(H,23,25). The maximum atomic E-state index is 12.1. The highest BCUT2D eigenvalue weighted by Crippen LogP contribution is 2.28. The number of para-hydroxylation sites is 1. The van der Waals surface area contributed by atoms with Crippen molar-refractivity contribution in [3.05, 3.63) is 65.9 Å². The molecule has 3 aromatic rings. The molecule has 4 nitrogen and oxygen atoms in total. The van der Waals surface area contributed by atoms with Gasteiger partial charge in [-0.25, -0.2) is 4.68 Å². The van der Waals surface area contributed by atoms with E-state index in [0.717, 1.165) is 22.5 Å². The number of carbonyl (C=O) groups is 1. The summed E-state index contributed by atoms with van der Waals surface area (Å²) in [7, 11) is 0. The van der Waals surface area contributed by atoms with Crippen LogP contribution in [0.15, 0.2) is 60.9 Å². The number of anilines is 1. The van der Waals surface area contributed by atoms with Gasteiger partial charge in [-0.3, -0.25) is 4.79 Å². The quantitative estimate of drug-likeness (QED) is 0.687. The average molecular weight is 354 g/mol. The second kappa shape index (κ2) is 7.53. The van der Waals surface area contributed by atoms with E-state index in [1.807, 2.05) is 68.6 Å². The van der Waals surface area contributed by atoms with Gasteiger partial charge in [-0.05, 0) is 36.2 Å². The van der Waals surface area contributed by atoms with Crippen LogP contribution in [0.3, 0.4) is 0 Å². The molecule has 128 valence electrons. The van der Waals surface area contributed by atoms with Crippen molar-refractivity contribution in [1.29, 1.82) is 0 Å².